The van der Waals surface area contributed by atoms with E-state index in [2.05, 4.69) is 5.18 Å². The molecule has 0 heterocycles. The number of Topliss-reactive ketones (excluding diaryl/α,β-unsaturated/α-hetero) is 1. The first-order valence-corrected chi connectivity index (χ1v) is 9.94. The van der Waals surface area contributed by atoms with Gasteiger partial charge in [0.15, 0.2) is 0 Å². The first kappa shape index (κ1) is 21.7. The Balaban J connectivity index is 1.87. The van der Waals surface area contributed by atoms with E-state index < -0.39 is 6.04 Å². The van der Waals surface area contributed by atoms with E-state index in [0.717, 1.165) is 18.4 Å². The monoisotopic (exact) mass is 383 g/mol. The summed E-state index contributed by atoms with van der Waals surface area (Å²) in [5.74, 6) is -0.474. The molecule has 1 fully saturated rings. The number of carbonyl (C=O) groups is 2. The molecule has 0 radical (unpaired) electrons. The molecule has 2 rings (SSSR count). The number of allylic oxidation sites excluding steroid dienone is 2. The topological polar surface area (TPSA) is 72.8 Å². The highest BCUT2D eigenvalue weighted by Gasteiger charge is 2.41. The largest absolute Gasteiger partial charge is 0.463 e. The van der Waals surface area contributed by atoms with E-state index in [1.807, 2.05) is 68.5 Å². The van der Waals surface area contributed by atoms with Crippen LogP contribution in [0.2, 0.25) is 0 Å². The van der Waals surface area contributed by atoms with Crippen molar-refractivity contribution in [3.8, 4) is 0 Å². The Kier molecular flexibility index (Phi) is 8.79. The van der Waals surface area contributed by atoms with E-state index in [1.165, 1.54) is 0 Å². The molecule has 28 heavy (non-hydrogen) atoms. The summed E-state index contributed by atoms with van der Waals surface area (Å²) in [7, 11) is 0. The van der Waals surface area contributed by atoms with E-state index in [9.17, 15) is 14.5 Å². The third-order valence-electron chi connectivity index (χ3n) is 4.85. The number of ether oxygens (including phenoxy) is 1. The molecule has 0 bridgehead atoms. The fourth-order valence-corrected chi connectivity index (χ4v) is 3.47. The molecule has 0 N–H and O–H groups in total. The molecule has 1 aliphatic carbocycles. The minimum atomic E-state index is -0.489. The van der Waals surface area contributed by atoms with Crippen LogP contribution in [0.25, 0.3) is 6.08 Å². The van der Waals surface area contributed by atoms with Crippen LogP contribution in [0.15, 0.2) is 53.7 Å². The lowest BCUT2D eigenvalue weighted by Crippen LogP contribution is -2.16. The van der Waals surface area contributed by atoms with Gasteiger partial charge in [-0.25, -0.2) is 0 Å². The molecular formula is C23H29NO4. The molecule has 0 spiro atoms. The summed E-state index contributed by atoms with van der Waals surface area (Å²) in [5.41, 5.74) is 1.04. The maximum atomic E-state index is 12.3. The highest BCUT2D eigenvalue weighted by atomic mass is 16.5. The molecule has 0 amide bonds. The van der Waals surface area contributed by atoms with Crippen molar-refractivity contribution >= 4 is 17.8 Å². The number of esters is 1. The summed E-state index contributed by atoms with van der Waals surface area (Å²) in [4.78, 5) is 35.0. The zero-order valence-corrected chi connectivity index (χ0v) is 16.6. The zero-order valence-electron chi connectivity index (χ0n) is 16.6. The SMILES string of the molecule is CC(C)OC(=O)CCC/C=C\C[C@H]1C(=O)C[C@@H](N=O)[C@@H]1/C=C/c1ccccc1. The lowest BCUT2D eigenvalue weighted by atomic mass is 9.89. The van der Waals surface area contributed by atoms with Crippen LogP contribution in [0.3, 0.4) is 0 Å². The van der Waals surface area contributed by atoms with Crippen LogP contribution in [-0.4, -0.2) is 23.9 Å². The quantitative estimate of drug-likeness (QED) is 0.244. The minimum absolute atomic E-state index is 0.0864. The molecule has 1 aliphatic rings. The van der Waals surface area contributed by atoms with E-state index in [4.69, 9.17) is 4.74 Å². The number of benzene rings is 1. The second-order valence-electron chi connectivity index (χ2n) is 7.43. The maximum Gasteiger partial charge on any atom is 0.306 e. The van der Waals surface area contributed by atoms with E-state index in [1.54, 1.807) is 0 Å². The third-order valence-corrected chi connectivity index (χ3v) is 4.85. The highest BCUT2D eigenvalue weighted by molar-refractivity contribution is 5.85. The first-order chi connectivity index (χ1) is 13.5. The number of hydrogen-bond acceptors (Lipinski definition) is 5. The maximum absolute atomic E-state index is 12.3. The second-order valence-corrected chi connectivity index (χ2v) is 7.43. The van der Waals surface area contributed by atoms with Crippen LogP contribution < -0.4 is 0 Å². The summed E-state index contributed by atoms with van der Waals surface area (Å²) >= 11 is 0. The Labute approximate surface area is 166 Å². The van der Waals surface area contributed by atoms with Crippen LogP contribution in [0, 0.1) is 16.7 Å². The fourth-order valence-electron chi connectivity index (χ4n) is 3.47. The number of hydrogen-bond donors (Lipinski definition) is 0. The predicted octanol–water partition coefficient (Wildman–Crippen LogP) is 5.11. The summed E-state index contributed by atoms with van der Waals surface area (Å²) in [5, 5.41) is 3.18. The summed E-state index contributed by atoms with van der Waals surface area (Å²) < 4.78 is 5.10. The van der Waals surface area contributed by atoms with Crippen molar-refractivity contribution in [2.24, 2.45) is 17.0 Å². The smallest absolute Gasteiger partial charge is 0.306 e. The molecule has 1 aromatic rings. The molecule has 150 valence electrons. The fraction of sp³-hybridized carbons (Fsp3) is 0.478. The molecule has 0 unspecified atom stereocenters. The molecular weight excluding hydrogens is 354 g/mol. The molecule has 1 saturated carbocycles. The predicted molar refractivity (Wildman–Crippen MR) is 110 cm³/mol. The van der Waals surface area contributed by atoms with Gasteiger partial charge < -0.3 is 4.74 Å². The van der Waals surface area contributed by atoms with Gasteiger partial charge in [0.05, 0.1) is 6.10 Å². The van der Waals surface area contributed by atoms with Gasteiger partial charge in [0.2, 0.25) is 0 Å². The van der Waals surface area contributed by atoms with Crippen LogP contribution in [0.4, 0.5) is 0 Å². The molecule has 5 nitrogen and oxygen atoms in total. The summed E-state index contributed by atoms with van der Waals surface area (Å²) in [6, 6.07) is 9.32. The lowest BCUT2D eigenvalue weighted by molar-refractivity contribution is -0.147. The second kappa shape index (κ2) is 11.3. The Morgan fingerprint density at radius 2 is 2.00 bits per heavy atom. The van der Waals surface area contributed by atoms with Crippen LogP contribution in [0.1, 0.15) is 51.5 Å². The van der Waals surface area contributed by atoms with Gasteiger partial charge in [-0.1, -0.05) is 59.8 Å². The van der Waals surface area contributed by atoms with Crippen LogP contribution in [-0.2, 0) is 14.3 Å². The Hall–Kier alpha value is -2.56. The van der Waals surface area contributed by atoms with Gasteiger partial charge >= 0.3 is 5.97 Å². The van der Waals surface area contributed by atoms with Crippen molar-refractivity contribution in [1.29, 1.82) is 0 Å². The third kappa shape index (κ3) is 6.87. The van der Waals surface area contributed by atoms with Gasteiger partial charge in [-0.3, -0.25) is 9.59 Å². The van der Waals surface area contributed by atoms with E-state index in [0.29, 0.717) is 12.8 Å². The van der Waals surface area contributed by atoms with Gasteiger partial charge in [-0.15, -0.1) is 0 Å². The van der Waals surface area contributed by atoms with Gasteiger partial charge in [0.25, 0.3) is 0 Å². The van der Waals surface area contributed by atoms with Crippen molar-refractivity contribution in [1.82, 2.24) is 0 Å². The van der Waals surface area contributed by atoms with Gasteiger partial charge in [-0.05, 0) is 38.7 Å². The molecule has 0 saturated heterocycles. The zero-order chi connectivity index (χ0) is 20.4. The molecule has 0 aliphatic heterocycles. The number of rotatable bonds is 10. The number of carbonyl (C=O) groups excluding carboxylic acids is 2. The number of nitrogens with zero attached hydrogens (tertiary/aromatic N) is 1. The molecule has 3 atom stereocenters. The highest BCUT2D eigenvalue weighted by Crippen LogP contribution is 2.35. The van der Waals surface area contributed by atoms with Gasteiger partial charge in [-0.2, -0.15) is 4.91 Å². The van der Waals surface area contributed by atoms with Crippen LogP contribution >= 0.6 is 0 Å². The standard InChI is InChI=1S/C23H29NO4/c1-17(2)28-23(26)13-9-4-3-8-12-20-19(21(24-27)16-22(20)25)15-14-18-10-6-5-7-11-18/h3,5-8,10-11,14-15,17,19-21H,4,9,12-13,16H2,1-2H3/b8-3-,15-14+/t19-,20-,21-/m1/s1. The number of ketones is 1. The molecule has 1 aromatic carbocycles. The van der Waals surface area contributed by atoms with Crippen molar-refractivity contribution < 1.29 is 14.3 Å². The average Bonchev–Trinajstić information content (AvgIpc) is 2.98. The average molecular weight is 383 g/mol. The normalized spacial score (nSPS) is 22.4. The van der Waals surface area contributed by atoms with Crippen molar-refractivity contribution in [3.05, 3.63) is 59.0 Å². The lowest BCUT2D eigenvalue weighted by Gasteiger charge is -2.15. The Bertz CT molecular complexity index is 709. The molecule has 5 heteroatoms. The Morgan fingerprint density at radius 1 is 1.25 bits per heavy atom. The minimum Gasteiger partial charge on any atom is -0.463 e. The number of unbranched alkanes of at least 4 members (excludes halogenated alkanes) is 1. The van der Waals surface area contributed by atoms with Gasteiger partial charge in [0.1, 0.15) is 11.8 Å². The van der Waals surface area contributed by atoms with Crippen molar-refractivity contribution in [2.45, 2.75) is 58.1 Å². The molecule has 0 aromatic heterocycles. The number of nitroso groups, excluding NO2 is 1. The van der Waals surface area contributed by atoms with E-state index >= 15 is 0 Å². The van der Waals surface area contributed by atoms with Crippen molar-refractivity contribution in [3.63, 3.8) is 0 Å². The summed E-state index contributed by atoms with van der Waals surface area (Å²) in [6.45, 7) is 3.67. The summed E-state index contributed by atoms with van der Waals surface area (Å²) in [6.07, 6.45) is 10.5. The first-order valence-electron chi connectivity index (χ1n) is 9.94. The van der Waals surface area contributed by atoms with Crippen LogP contribution in [0.5, 0.6) is 0 Å². The van der Waals surface area contributed by atoms with Crippen molar-refractivity contribution in [2.75, 3.05) is 0 Å². The Morgan fingerprint density at radius 3 is 2.68 bits per heavy atom. The van der Waals surface area contributed by atoms with E-state index in [-0.39, 0.29) is 36.1 Å². The van der Waals surface area contributed by atoms with Gasteiger partial charge in [0, 0.05) is 24.7 Å².